The monoisotopic (exact) mass is 312 g/mol. The van der Waals surface area contributed by atoms with Crippen molar-refractivity contribution in [2.45, 2.75) is 12.8 Å². The van der Waals surface area contributed by atoms with Crippen LogP contribution in [0, 0.1) is 0 Å². The Morgan fingerprint density at radius 3 is 2.50 bits per heavy atom. The van der Waals surface area contributed by atoms with Gasteiger partial charge < -0.3 is 14.9 Å². The topological polar surface area (TPSA) is 58.7 Å². The van der Waals surface area contributed by atoms with Gasteiger partial charge in [0.1, 0.15) is 23.7 Å². The Bertz CT molecular complexity index is 657. The molecule has 0 radical (unpaired) electrons. The van der Waals surface area contributed by atoms with E-state index < -0.39 is 17.5 Å². The number of anilines is 1. The van der Waals surface area contributed by atoms with E-state index in [4.69, 9.17) is 10.6 Å². The first-order valence-corrected chi connectivity index (χ1v) is 6.38. The zero-order valence-corrected chi connectivity index (χ0v) is 11.8. The number of nitrogens with zero attached hydrogens (tertiary/aromatic N) is 1. The SMILES string of the molecule is CN(N)c1ccccc1COc1ccc(O)cc1C(F)(F)F. The predicted molar refractivity (Wildman–Crippen MR) is 76.5 cm³/mol. The van der Waals surface area contributed by atoms with E-state index in [9.17, 15) is 18.3 Å². The van der Waals surface area contributed by atoms with E-state index in [1.165, 1.54) is 5.01 Å². The van der Waals surface area contributed by atoms with Gasteiger partial charge in [0.2, 0.25) is 0 Å². The molecule has 0 aliphatic carbocycles. The highest BCUT2D eigenvalue weighted by atomic mass is 19.4. The minimum atomic E-state index is -4.61. The maximum Gasteiger partial charge on any atom is 0.420 e. The highest BCUT2D eigenvalue weighted by Crippen LogP contribution is 2.38. The van der Waals surface area contributed by atoms with Crippen LogP contribution in [0.1, 0.15) is 11.1 Å². The summed E-state index contributed by atoms with van der Waals surface area (Å²) in [5.41, 5.74) is 0.273. The summed E-state index contributed by atoms with van der Waals surface area (Å²) in [7, 11) is 1.63. The Balaban J connectivity index is 2.26. The van der Waals surface area contributed by atoms with Gasteiger partial charge in [0.25, 0.3) is 0 Å². The second-order valence-corrected chi connectivity index (χ2v) is 4.71. The van der Waals surface area contributed by atoms with Crippen molar-refractivity contribution in [3.63, 3.8) is 0 Å². The lowest BCUT2D eigenvalue weighted by atomic mass is 10.1. The summed E-state index contributed by atoms with van der Waals surface area (Å²) in [5.74, 6) is 4.85. The number of hydrogen-bond acceptors (Lipinski definition) is 4. The summed E-state index contributed by atoms with van der Waals surface area (Å²) in [6.45, 7) is -0.0778. The number of ether oxygens (including phenoxy) is 1. The normalized spacial score (nSPS) is 11.3. The fraction of sp³-hybridized carbons (Fsp3) is 0.200. The Labute approximate surface area is 125 Å². The summed E-state index contributed by atoms with van der Waals surface area (Å²) in [6, 6.07) is 9.83. The molecule has 22 heavy (non-hydrogen) atoms. The number of para-hydroxylation sites is 1. The lowest BCUT2D eigenvalue weighted by Crippen LogP contribution is -2.26. The van der Waals surface area contributed by atoms with Gasteiger partial charge in [-0.2, -0.15) is 13.2 Å². The van der Waals surface area contributed by atoms with E-state index in [1.807, 2.05) is 0 Å². The minimum Gasteiger partial charge on any atom is -0.508 e. The molecule has 0 spiro atoms. The van der Waals surface area contributed by atoms with Crippen LogP contribution in [-0.2, 0) is 12.8 Å². The van der Waals surface area contributed by atoms with Gasteiger partial charge >= 0.3 is 6.18 Å². The molecule has 0 aromatic heterocycles. The molecule has 0 aliphatic heterocycles. The summed E-state index contributed by atoms with van der Waals surface area (Å²) >= 11 is 0. The van der Waals surface area contributed by atoms with Gasteiger partial charge in [-0.15, -0.1) is 0 Å². The molecule has 2 rings (SSSR count). The summed E-state index contributed by atoms with van der Waals surface area (Å²) < 4.78 is 44.1. The van der Waals surface area contributed by atoms with Crippen LogP contribution in [0.15, 0.2) is 42.5 Å². The van der Waals surface area contributed by atoms with E-state index in [2.05, 4.69) is 0 Å². The number of hydrogen-bond donors (Lipinski definition) is 2. The predicted octanol–water partition coefficient (Wildman–Crippen LogP) is 3.30. The van der Waals surface area contributed by atoms with E-state index in [-0.39, 0.29) is 12.4 Å². The van der Waals surface area contributed by atoms with Crippen LogP contribution in [0.3, 0.4) is 0 Å². The highest BCUT2D eigenvalue weighted by Gasteiger charge is 2.34. The van der Waals surface area contributed by atoms with Crippen molar-refractivity contribution in [3.8, 4) is 11.5 Å². The molecule has 0 unspecified atom stereocenters. The Morgan fingerprint density at radius 1 is 1.18 bits per heavy atom. The highest BCUT2D eigenvalue weighted by molar-refractivity contribution is 5.52. The number of rotatable bonds is 4. The molecule has 0 saturated carbocycles. The molecule has 0 atom stereocenters. The second-order valence-electron chi connectivity index (χ2n) is 4.71. The summed E-state index contributed by atoms with van der Waals surface area (Å²) in [5, 5.41) is 10.6. The molecular formula is C15H15F3N2O2. The third-order valence-corrected chi connectivity index (χ3v) is 3.02. The number of phenolic OH excluding ortho intramolecular Hbond substituents is 1. The molecule has 0 fully saturated rings. The third kappa shape index (κ3) is 3.62. The van der Waals surface area contributed by atoms with Gasteiger partial charge in [0.15, 0.2) is 0 Å². The molecule has 2 aromatic rings. The van der Waals surface area contributed by atoms with Gasteiger partial charge in [0, 0.05) is 12.6 Å². The molecule has 0 amide bonds. The van der Waals surface area contributed by atoms with Crippen molar-refractivity contribution in [1.29, 1.82) is 0 Å². The molecule has 0 aliphatic rings. The first-order chi connectivity index (χ1) is 10.3. The van der Waals surface area contributed by atoms with Crippen molar-refractivity contribution in [1.82, 2.24) is 0 Å². The molecule has 0 bridgehead atoms. The lowest BCUT2D eigenvalue weighted by molar-refractivity contribution is -0.139. The smallest absolute Gasteiger partial charge is 0.420 e. The first kappa shape index (κ1) is 16.0. The maximum absolute atomic E-state index is 12.9. The fourth-order valence-electron chi connectivity index (χ4n) is 2.00. The van der Waals surface area contributed by atoms with E-state index in [0.29, 0.717) is 17.3 Å². The van der Waals surface area contributed by atoms with E-state index >= 15 is 0 Å². The average molecular weight is 312 g/mol. The third-order valence-electron chi connectivity index (χ3n) is 3.02. The van der Waals surface area contributed by atoms with Crippen LogP contribution in [-0.4, -0.2) is 12.2 Å². The van der Waals surface area contributed by atoms with Crippen LogP contribution in [0.2, 0.25) is 0 Å². The van der Waals surface area contributed by atoms with Crippen molar-refractivity contribution in [2.75, 3.05) is 12.1 Å². The quantitative estimate of drug-likeness (QED) is 0.672. The van der Waals surface area contributed by atoms with Gasteiger partial charge in [-0.3, -0.25) is 0 Å². The first-order valence-electron chi connectivity index (χ1n) is 6.38. The van der Waals surface area contributed by atoms with Crippen LogP contribution in [0.25, 0.3) is 0 Å². The molecule has 0 heterocycles. The average Bonchev–Trinajstić information content (AvgIpc) is 2.45. The van der Waals surface area contributed by atoms with Gasteiger partial charge in [0.05, 0.1) is 5.69 Å². The van der Waals surface area contributed by atoms with E-state index in [1.54, 1.807) is 31.3 Å². The van der Waals surface area contributed by atoms with Crippen LogP contribution < -0.4 is 15.6 Å². The lowest BCUT2D eigenvalue weighted by Gasteiger charge is -2.18. The Morgan fingerprint density at radius 2 is 1.86 bits per heavy atom. The summed E-state index contributed by atoms with van der Waals surface area (Å²) in [6.07, 6.45) is -4.61. The standard InChI is InChI=1S/C15H15F3N2O2/c1-20(19)13-5-3-2-4-10(13)9-22-14-7-6-11(21)8-12(14)15(16,17)18/h2-8,21H,9,19H2,1H3. The number of alkyl halides is 3. The zero-order chi connectivity index (χ0) is 16.3. The molecule has 7 heteroatoms. The molecular weight excluding hydrogens is 297 g/mol. The maximum atomic E-state index is 12.9. The van der Waals surface area contributed by atoms with Gasteiger partial charge in [-0.05, 0) is 24.3 Å². The number of nitrogens with two attached hydrogens (primary N) is 1. The number of aromatic hydroxyl groups is 1. The largest absolute Gasteiger partial charge is 0.508 e. The van der Waals surface area contributed by atoms with Crippen molar-refractivity contribution in [2.24, 2.45) is 5.84 Å². The summed E-state index contributed by atoms with van der Waals surface area (Å²) in [4.78, 5) is 0. The molecule has 2 aromatic carbocycles. The second kappa shape index (κ2) is 6.15. The Hall–Kier alpha value is -2.41. The minimum absolute atomic E-state index is 0.0778. The van der Waals surface area contributed by atoms with Crippen molar-refractivity contribution >= 4 is 5.69 Å². The number of hydrazine groups is 1. The number of halogens is 3. The number of phenols is 1. The van der Waals surface area contributed by atoms with Gasteiger partial charge in [-0.1, -0.05) is 18.2 Å². The van der Waals surface area contributed by atoms with E-state index in [0.717, 1.165) is 12.1 Å². The molecule has 4 nitrogen and oxygen atoms in total. The number of benzene rings is 2. The zero-order valence-electron chi connectivity index (χ0n) is 11.8. The Kier molecular flexibility index (Phi) is 4.46. The van der Waals surface area contributed by atoms with Gasteiger partial charge in [-0.25, -0.2) is 5.84 Å². The van der Waals surface area contributed by atoms with Crippen LogP contribution in [0.5, 0.6) is 11.5 Å². The molecule has 0 saturated heterocycles. The van der Waals surface area contributed by atoms with Crippen LogP contribution in [0.4, 0.5) is 18.9 Å². The molecule has 118 valence electrons. The van der Waals surface area contributed by atoms with Crippen molar-refractivity contribution < 1.29 is 23.0 Å². The molecule has 3 N–H and O–H groups in total. The fourth-order valence-corrected chi connectivity index (χ4v) is 2.00. The van der Waals surface area contributed by atoms with Crippen LogP contribution >= 0.6 is 0 Å². The van der Waals surface area contributed by atoms with Crippen molar-refractivity contribution in [3.05, 3.63) is 53.6 Å².